The van der Waals surface area contributed by atoms with Crippen molar-refractivity contribution in [2.75, 3.05) is 7.05 Å². The largest absolute Gasteiger partial charge is 0.311 e. The first-order valence-electron chi connectivity index (χ1n) is 6.45. The van der Waals surface area contributed by atoms with Gasteiger partial charge in [0, 0.05) is 25.2 Å². The molecule has 2 bridgehead atoms. The average molecular weight is 260 g/mol. The minimum absolute atomic E-state index is 0.179. The van der Waals surface area contributed by atoms with E-state index in [4.69, 9.17) is 0 Å². The predicted octanol–water partition coefficient (Wildman–Crippen LogP) is 1.33. The van der Waals surface area contributed by atoms with E-state index in [0.717, 1.165) is 12.8 Å². The molecule has 2 fully saturated rings. The highest BCUT2D eigenvalue weighted by Crippen LogP contribution is 2.32. The van der Waals surface area contributed by atoms with Gasteiger partial charge in [-0.2, -0.15) is 0 Å². The maximum atomic E-state index is 12.4. The molecule has 0 aromatic carbocycles. The van der Waals surface area contributed by atoms with Crippen molar-refractivity contribution >= 4 is 10.0 Å². The van der Waals surface area contributed by atoms with Gasteiger partial charge >= 0.3 is 0 Å². The number of sulfonamides is 1. The van der Waals surface area contributed by atoms with Gasteiger partial charge < -0.3 is 5.32 Å². The smallest absolute Gasteiger partial charge is 0.219 e. The lowest BCUT2D eigenvalue weighted by molar-refractivity contribution is 0.247. The summed E-state index contributed by atoms with van der Waals surface area (Å²) in [6.07, 6.45) is 4.32. The van der Waals surface area contributed by atoms with Crippen molar-refractivity contribution in [1.29, 1.82) is 0 Å². The van der Waals surface area contributed by atoms with Gasteiger partial charge in [0.1, 0.15) is 0 Å². The molecule has 100 valence electrons. The van der Waals surface area contributed by atoms with Crippen molar-refractivity contribution in [3.8, 4) is 0 Å². The third kappa shape index (κ3) is 2.37. The molecule has 2 saturated heterocycles. The first-order valence-corrected chi connectivity index (χ1v) is 7.89. The van der Waals surface area contributed by atoms with Crippen LogP contribution in [0.1, 0.15) is 46.5 Å². The first-order chi connectivity index (χ1) is 7.72. The van der Waals surface area contributed by atoms with Crippen LogP contribution in [0.25, 0.3) is 0 Å². The Morgan fingerprint density at radius 2 is 1.59 bits per heavy atom. The van der Waals surface area contributed by atoms with Crippen LogP contribution in [0.2, 0.25) is 0 Å². The van der Waals surface area contributed by atoms with Crippen molar-refractivity contribution in [1.82, 2.24) is 9.62 Å². The van der Waals surface area contributed by atoms with Crippen molar-refractivity contribution < 1.29 is 8.42 Å². The van der Waals surface area contributed by atoms with Crippen LogP contribution in [-0.4, -0.2) is 42.6 Å². The van der Waals surface area contributed by atoms with E-state index >= 15 is 0 Å². The average Bonchev–Trinajstić information content (AvgIpc) is 2.55. The Balaban J connectivity index is 2.13. The molecule has 2 unspecified atom stereocenters. The Bertz CT molecular complexity index is 374. The van der Waals surface area contributed by atoms with Crippen LogP contribution in [-0.2, 0) is 10.0 Å². The zero-order valence-corrected chi connectivity index (χ0v) is 12.0. The fraction of sp³-hybridized carbons (Fsp3) is 1.00. The van der Waals surface area contributed by atoms with Crippen molar-refractivity contribution in [2.24, 2.45) is 0 Å². The van der Waals surface area contributed by atoms with Crippen LogP contribution in [0, 0.1) is 0 Å². The number of hydrogen-bond donors (Lipinski definition) is 1. The zero-order valence-electron chi connectivity index (χ0n) is 11.2. The van der Waals surface area contributed by atoms with Crippen molar-refractivity contribution in [3.05, 3.63) is 0 Å². The number of piperidine rings is 1. The Labute approximate surface area is 105 Å². The molecule has 2 aliphatic rings. The fourth-order valence-electron chi connectivity index (χ4n) is 2.95. The normalized spacial score (nSPS) is 34.3. The highest BCUT2D eigenvalue weighted by molar-refractivity contribution is 7.90. The second-order valence-electron chi connectivity index (χ2n) is 6.40. The van der Waals surface area contributed by atoms with Gasteiger partial charge in [-0.1, -0.05) is 0 Å². The second kappa shape index (κ2) is 4.21. The highest BCUT2D eigenvalue weighted by Gasteiger charge is 2.41. The molecule has 2 atom stereocenters. The highest BCUT2D eigenvalue weighted by atomic mass is 32.2. The number of hydrogen-bond acceptors (Lipinski definition) is 3. The van der Waals surface area contributed by atoms with E-state index in [2.05, 4.69) is 5.32 Å². The summed E-state index contributed by atoms with van der Waals surface area (Å²) in [6.45, 7) is 5.32. The summed E-state index contributed by atoms with van der Waals surface area (Å²) in [5, 5.41) is 3.54. The summed E-state index contributed by atoms with van der Waals surface area (Å²) in [4.78, 5) is 0. The molecule has 0 aromatic rings. The quantitative estimate of drug-likeness (QED) is 0.815. The molecule has 0 aliphatic carbocycles. The minimum atomic E-state index is -3.19. The fourth-order valence-corrected chi connectivity index (χ4v) is 4.38. The van der Waals surface area contributed by atoms with Crippen molar-refractivity contribution in [2.45, 2.75) is 69.3 Å². The monoisotopic (exact) mass is 260 g/mol. The Hall–Kier alpha value is -0.130. The Morgan fingerprint density at radius 1 is 1.12 bits per heavy atom. The maximum Gasteiger partial charge on any atom is 0.219 e. The molecule has 17 heavy (non-hydrogen) atoms. The lowest BCUT2D eigenvalue weighted by Gasteiger charge is -2.37. The Kier molecular flexibility index (Phi) is 3.30. The molecular formula is C12H24N2O2S. The van der Waals surface area contributed by atoms with Gasteiger partial charge in [0.15, 0.2) is 0 Å². The standard InChI is InChI=1S/C12H24N2O2S/c1-12(2,3)17(15,16)14(4)11-7-9-5-6-10(8-11)13-9/h9-11,13H,5-8H2,1-4H3. The molecule has 4 nitrogen and oxygen atoms in total. The van der Waals surface area contributed by atoms with Crippen molar-refractivity contribution in [3.63, 3.8) is 0 Å². The van der Waals surface area contributed by atoms with Crippen LogP contribution >= 0.6 is 0 Å². The summed E-state index contributed by atoms with van der Waals surface area (Å²) >= 11 is 0. The number of nitrogens with zero attached hydrogens (tertiary/aromatic N) is 1. The molecule has 5 heteroatoms. The molecule has 0 radical (unpaired) electrons. The van der Waals surface area contributed by atoms with Crippen LogP contribution in [0.4, 0.5) is 0 Å². The summed E-state index contributed by atoms with van der Waals surface area (Å²) in [5.74, 6) is 0. The van der Waals surface area contributed by atoms with Gasteiger partial charge in [-0.3, -0.25) is 0 Å². The van der Waals surface area contributed by atoms with Crippen LogP contribution < -0.4 is 5.32 Å². The maximum absolute atomic E-state index is 12.4. The van der Waals surface area contributed by atoms with E-state index in [-0.39, 0.29) is 6.04 Å². The van der Waals surface area contributed by atoms with E-state index in [1.54, 1.807) is 32.1 Å². The van der Waals surface area contributed by atoms with Crippen LogP contribution in [0.5, 0.6) is 0 Å². The molecule has 0 spiro atoms. The SMILES string of the molecule is CN(C1CC2CCC(C1)N2)S(=O)(=O)C(C)(C)C. The van der Waals surface area contributed by atoms with Gasteiger partial charge in [-0.05, 0) is 46.5 Å². The minimum Gasteiger partial charge on any atom is -0.311 e. The molecule has 2 rings (SSSR count). The van der Waals surface area contributed by atoms with Gasteiger partial charge in [0.05, 0.1) is 4.75 Å². The lowest BCUT2D eigenvalue weighted by Crippen LogP contribution is -2.52. The van der Waals surface area contributed by atoms with E-state index in [9.17, 15) is 8.42 Å². The third-order valence-corrected chi connectivity index (χ3v) is 6.72. The van der Waals surface area contributed by atoms with Crippen LogP contribution in [0.3, 0.4) is 0 Å². The molecule has 2 heterocycles. The molecule has 0 saturated carbocycles. The van der Waals surface area contributed by atoms with E-state index < -0.39 is 14.8 Å². The zero-order chi connectivity index (χ0) is 12.8. The van der Waals surface area contributed by atoms with Gasteiger partial charge in [0.25, 0.3) is 0 Å². The topological polar surface area (TPSA) is 49.4 Å². The van der Waals surface area contributed by atoms with E-state index in [1.165, 1.54) is 12.8 Å². The molecule has 0 amide bonds. The predicted molar refractivity (Wildman–Crippen MR) is 69.4 cm³/mol. The molecule has 2 aliphatic heterocycles. The van der Waals surface area contributed by atoms with Gasteiger partial charge in [-0.25, -0.2) is 12.7 Å². The second-order valence-corrected chi connectivity index (χ2v) is 9.15. The van der Waals surface area contributed by atoms with E-state index in [1.807, 2.05) is 0 Å². The van der Waals surface area contributed by atoms with Gasteiger partial charge in [0.2, 0.25) is 10.0 Å². The van der Waals surface area contributed by atoms with Gasteiger partial charge in [-0.15, -0.1) is 0 Å². The third-order valence-electron chi connectivity index (χ3n) is 4.12. The lowest BCUT2D eigenvalue weighted by atomic mass is 10.0. The number of rotatable bonds is 2. The molecule has 1 N–H and O–H groups in total. The Morgan fingerprint density at radius 3 is 2.00 bits per heavy atom. The summed E-state index contributed by atoms with van der Waals surface area (Å²) < 4.78 is 25.7. The summed E-state index contributed by atoms with van der Waals surface area (Å²) in [7, 11) is -1.44. The number of nitrogens with one attached hydrogen (secondary N) is 1. The molecule has 0 aromatic heterocycles. The molecular weight excluding hydrogens is 236 g/mol. The first kappa shape index (κ1) is 13.3. The van der Waals surface area contributed by atoms with E-state index in [0.29, 0.717) is 12.1 Å². The summed E-state index contributed by atoms with van der Waals surface area (Å²) in [5.41, 5.74) is 0. The number of fused-ring (bicyclic) bond motifs is 2. The summed E-state index contributed by atoms with van der Waals surface area (Å²) in [6, 6.07) is 1.23. The van der Waals surface area contributed by atoms with Crippen LogP contribution in [0.15, 0.2) is 0 Å².